The van der Waals surface area contributed by atoms with Crippen LogP contribution in [0.5, 0.6) is 0 Å². The molecule has 1 amide bonds. The third-order valence-corrected chi connectivity index (χ3v) is 5.82. The minimum absolute atomic E-state index is 0. The smallest absolute Gasteiger partial charge is 0.410 e. The van der Waals surface area contributed by atoms with Crippen LogP contribution >= 0.6 is 35.3 Å². The molecule has 1 unspecified atom stereocenters. The second-order valence-corrected chi connectivity index (χ2v) is 9.37. The highest BCUT2D eigenvalue weighted by molar-refractivity contribution is 14.0. The average Bonchev–Trinajstić information content (AvgIpc) is 3.16. The number of carbonyl (C=O) groups excluding carboxylic acids is 1. The molecule has 28 heavy (non-hydrogen) atoms. The van der Waals surface area contributed by atoms with Crippen LogP contribution in [-0.4, -0.2) is 71.2 Å². The van der Waals surface area contributed by atoms with Gasteiger partial charge in [-0.05, 0) is 34.1 Å². The maximum atomic E-state index is 12.3. The highest BCUT2D eigenvalue weighted by atomic mass is 127. The molecule has 2 aliphatic heterocycles. The maximum Gasteiger partial charge on any atom is 0.410 e. The SMILES string of the molecule is CCc1nc(CCNC2=NCC3CN(C(=O)OC(C)(C)C)CCN23)sc1C.I. The predicted octanol–water partition coefficient (Wildman–Crippen LogP) is 3.05. The topological polar surface area (TPSA) is 70.1 Å². The van der Waals surface area contributed by atoms with E-state index in [2.05, 4.69) is 29.1 Å². The van der Waals surface area contributed by atoms with Crippen molar-refractivity contribution >= 4 is 47.4 Å². The van der Waals surface area contributed by atoms with Gasteiger partial charge in [-0.1, -0.05) is 6.92 Å². The summed E-state index contributed by atoms with van der Waals surface area (Å²) in [5, 5.41) is 4.65. The van der Waals surface area contributed by atoms with E-state index in [0.29, 0.717) is 13.1 Å². The van der Waals surface area contributed by atoms with Crippen LogP contribution in [0.1, 0.15) is 43.3 Å². The van der Waals surface area contributed by atoms with E-state index < -0.39 is 5.60 Å². The number of thiazole rings is 1. The minimum Gasteiger partial charge on any atom is -0.444 e. The summed E-state index contributed by atoms with van der Waals surface area (Å²) in [5.41, 5.74) is 0.755. The zero-order valence-electron chi connectivity index (χ0n) is 17.4. The average molecular weight is 521 g/mol. The third-order valence-electron chi connectivity index (χ3n) is 4.75. The van der Waals surface area contributed by atoms with Crippen molar-refractivity contribution < 1.29 is 9.53 Å². The number of fused-ring (bicyclic) bond motifs is 1. The summed E-state index contributed by atoms with van der Waals surface area (Å²) in [7, 11) is 0. The van der Waals surface area contributed by atoms with Crippen molar-refractivity contribution in [2.45, 2.75) is 59.1 Å². The fourth-order valence-electron chi connectivity index (χ4n) is 3.43. The molecular formula is C19H32IN5O2S. The molecule has 0 aliphatic carbocycles. The van der Waals surface area contributed by atoms with Crippen LogP contribution in [-0.2, 0) is 17.6 Å². The fraction of sp³-hybridized carbons (Fsp3) is 0.737. The lowest BCUT2D eigenvalue weighted by molar-refractivity contribution is 0.0137. The molecule has 0 bridgehead atoms. The van der Waals surface area contributed by atoms with Crippen molar-refractivity contribution in [1.29, 1.82) is 0 Å². The highest BCUT2D eigenvalue weighted by Crippen LogP contribution is 2.20. The number of nitrogens with one attached hydrogen (secondary N) is 1. The summed E-state index contributed by atoms with van der Waals surface area (Å²) in [6, 6.07) is 0.238. The number of rotatable bonds is 4. The molecule has 0 aromatic carbocycles. The third kappa shape index (κ3) is 5.71. The molecule has 1 aromatic rings. The summed E-state index contributed by atoms with van der Waals surface area (Å²) in [6.07, 6.45) is 1.67. The zero-order chi connectivity index (χ0) is 19.6. The van der Waals surface area contributed by atoms with Gasteiger partial charge in [0.25, 0.3) is 0 Å². The Kier molecular flexibility index (Phi) is 7.95. The molecular weight excluding hydrogens is 489 g/mol. The lowest BCUT2D eigenvalue weighted by atomic mass is 10.2. The summed E-state index contributed by atoms with van der Waals surface area (Å²) < 4.78 is 5.50. The quantitative estimate of drug-likeness (QED) is 0.617. The van der Waals surface area contributed by atoms with Crippen LogP contribution in [0.25, 0.3) is 0 Å². The van der Waals surface area contributed by atoms with Crippen LogP contribution in [0.4, 0.5) is 4.79 Å². The number of aromatic nitrogens is 1. The Bertz CT molecular complexity index is 716. The van der Waals surface area contributed by atoms with Crippen molar-refractivity contribution in [2.24, 2.45) is 4.99 Å². The Morgan fingerprint density at radius 1 is 1.36 bits per heavy atom. The number of hydrogen-bond donors (Lipinski definition) is 1. The number of aliphatic imine (C=N–C) groups is 1. The second-order valence-electron chi connectivity index (χ2n) is 8.08. The first-order chi connectivity index (χ1) is 12.8. The number of aryl methyl sites for hydroxylation is 2. The lowest BCUT2D eigenvalue weighted by Gasteiger charge is -2.39. The van der Waals surface area contributed by atoms with Gasteiger partial charge in [-0.2, -0.15) is 0 Å². The van der Waals surface area contributed by atoms with Gasteiger partial charge < -0.3 is 19.9 Å². The number of nitrogens with zero attached hydrogens (tertiary/aromatic N) is 4. The van der Waals surface area contributed by atoms with Crippen LogP contribution in [0, 0.1) is 6.92 Å². The number of ether oxygens (including phenoxy) is 1. The molecule has 2 aliphatic rings. The number of piperazine rings is 1. The normalized spacial score (nSPS) is 19.0. The molecule has 1 atom stereocenters. The van der Waals surface area contributed by atoms with E-state index in [0.717, 1.165) is 38.4 Å². The lowest BCUT2D eigenvalue weighted by Crippen LogP contribution is -2.57. The minimum atomic E-state index is -0.459. The summed E-state index contributed by atoms with van der Waals surface area (Å²) in [6.45, 7) is 13.6. The maximum absolute atomic E-state index is 12.3. The second kappa shape index (κ2) is 9.60. The largest absolute Gasteiger partial charge is 0.444 e. The van der Waals surface area contributed by atoms with Gasteiger partial charge in [0, 0.05) is 37.5 Å². The molecule has 3 heterocycles. The van der Waals surface area contributed by atoms with Gasteiger partial charge in [0.2, 0.25) is 0 Å². The van der Waals surface area contributed by atoms with Gasteiger partial charge >= 0.3 is 6.09 Å². The molecule has 0 spiro atoms. The van der Waals surface area contributed by atoms with Crippen molar-refractivity contribution in [1.82, 2.24) is 20.1 Å². The highest BCUT2D eigenvalue weighted by Gasteiger charge is 2.36. The summed E-state index contributed by atoms with van der Waals surface area (Å²) >= 11 is 1.79. The van der Waals surface area contributed by atoms with Crippen molar-refractivity contribution in [3.8, 4) is 0 Å². The first-order valence-corrected chi connectivity index (χ1v) is 10.6. The zero-order valence-corrected chi connectivity index (χ0v) is 20.6. The molecule has 1 saturated heterocycles. The van der Waals surface area contributed by atoms with Gasteiger partial charge in [0.1, 0.15) is 5.60 Å². The molecule has 1 fully saturated rings. The molecule has 9 heteroatoms. The molecule has 0 saturated carbocycles. The van der Waals surface area contributed by atoms with Gasteiger partial charge in [-0.3, -0.25) is 4.99 Å². The van der Waals surface area contributed by atoms with E-state index in [1.54, 1.807) is 16.2 Å². The molecule has 158 valence electrons. The Morgan fingerprint density at radius 2 is 2.11 bits per heavy atom. The molecule has 1 aromatic heterocycles. The molecule has 1 N–H and O–H groups in total. The Morgan fingerprint density at radius 3 is 2.75 bits per heavy atom. The van der Waals surface area contributed by atoms with E-state index in [4.69, 9.17) is 9.72 Å². The monoisotopic (exact) mass is 521 g/mol. The first-order valence-electron chi connectivity index (χ1n) is 9.75. The Balaban J connectivity index is 0.00000280. The van der Waals surface area contributed by atoms with Gasteiger partial charge in [-0.25, -0.2) is 9.78 Å². The van der Waals surface area contributed by atoms with Gasteiger partial charge in [-0.15, -0.1) is 35.3 Å². The molecule has 7 nitrogen and oxygen atoms in total. The Labute approximate surface area is 189 Å². The van der Waals surface area contributed by atoms with Crippen LogP contribution in [0.3, 0.4) is 0 Å². The number of carbonyl (C=O) groups is 1. The number of guanidine groups is 1. The number of halogens is 1. The van der Waals surface area contributed by atoms with E-state index in [-0.39, 0.29) is 36.1 Å². The molecule has 3 rings (SSSR count). The Hall–Kier alpha value is -1.10. The van der Waals surface area contributed by atoms with E-state index in [1.165, 1.54) is 15.6 Å². The number of amides is 1. The summed E-state index contributed by atoms with van der Waals surface area (Å²) in [5.74, 6) is 0.952. The first kappa shape index (κ1) is 23.2. The van der Waals surface area contributed by atoms with Crippen LogP contribution < -0.4 is 5.32 Å². The fourth-order valence-corrected chi connectivity index (χ4v) is 4.45. The van der Waals surface area contributed by atoms with Crippen molar-refractivity contribution in [3.05, 3.63) is 15.6 Å². The number of hydrogen-bond acceptors (Lipinski definition) is 7. The van der Waals surface area contributed by atoms with Crippen molar-refractivity contribution in [3.63, 3.8) is 0 Å². The van der Waals surface area contributed by atoms with E-state index in [9.17, 15) is 4.79 Å². The summed E-state index contributed by atoms with van der Waals surface area (Å²) in [4.78, 5) is 27.1. The van der Waals surface area contributed by atoms with E-state index in [1.807, 2.05) is 20.8 Å². The van der Waals surface area contributed by atoms with E-state index >= 15 is 0 Å². The predicted molar refractivity (Wildman–Crippen MR) is 124 cm³/mol. The standard InChI is InChI=1S/C19H31N5O2S.HI/c1-6-15-13(2)27-16(22-15)7-8-20-17-21-11-14-12-23(9-10-24(14)17)18(25)26-19(3,4)5;/h14H,6-12H2,1-5H3,(H,20,21);1H. The van der Waals surface area contributed by atoms with Gasteiger partial charge in [0.15, 0.2) is 5.96 Å². The van der Waals surface area contributed by atoms with Gasteiger partial charge in [0.05, 0.1) is 23.3 Å². The molecule has 0 radical (unpaired) electrons. The van der Waals surface area contributed by atoms with Crippen LogP contribution in [0.2, 0.25) is 0 Å². The van der Waals surface area contributed by atoms with Crippen LogP contribution in [0.15, 0.2) is 4.99 Å². The van der Waals surface area contributed by atoms with Crippen molar-refractivity contribution in [2.75, 3.05) is 32.7 Å².